The van der Waals surface area contributed by atoms with E-state index in [2.05, 4.69) is 9.97 Å². The van der Waals surface area contributed by atoms with Crippen LogP contribution >= 0.6 is 0 Å². The van der Waals surface area contributed by atoms with Crippen LogP contribution in [0.1, 0.15) is 0 Å². The third kappa shape index (κ3) is 1.11. The molecule has 2 rings (SSSR count). The molecule has 2 aromatic rings. The first-order valence-electron chi connectivity index (χ1n) is 3.51. The minimum Gasteiger partial charge on any atom is -0.307 e. The Morgan fingerprint density at radius 2 is 2.00 bits per heavy atom. The van der Waals surface area contributed by atoms with E-state index in [4.69, 9.17) is 7.85 Å². The summed E-state index contributed by atoms with van der Waals surface area (Å²) in [7, 11) is 5.44. The van der Waals surface area contributed by atoms with Crippen LogP contribution in [0.25, 0.3) is 11.0 Å². The zero-order chi connectivity index (χ0) is 8.55. The molecule has 2 heterocycles. The van der Waals surface area contributed by atoms with Gasteiger partial charge >= 0.3 is 0 Å². The number of aromatic nitrogens is 2. The predicted octanol–water partition coefficient (Wildman–Crippen LogP) is -0.283. The number of aromatic amines is 1. The first kappa shape index (κ1) is 7.09. The highest BCUT2D eigenvalue weighted by atomic mass is 16.1. The molecule has 0 spiro atoms. The first-order chi connectivity index (χ1) is 5.75. The van der Waals surface area contributed by atoms with Crippen LogP contribution < -0.4 is 11.2 Å². The molecule has 56 valence electrons. The van der Waals surface area contributed by atoms with Gasteiger partial charge in [0.25, 0.3) is 0 Å². The summed E-state index contributed by atoms with van der Waals surface area (Å²) in [6.45, 7) is 0. The van der Waals surface area contributed by atoms with Crippen LogP contribution in [0.3, 0.4) is 0 Å². The second-order valence-corrected chi connectivity index (χ2v) is 2.50. The van der Waals surface area contributed by atoms with Gasteiger partial charge in [-0.3, -0.25) is 4.79 Å². The fraction of sp³-hybridized carbons (Fsp3) is 0. The second-order valence-electron chi connectivity index (χ2n) is 2.50. The van der Waals surface area contributed by atoms with Gasteiger partial charge in [-0.15, -0.1) is 0 Å². The Balaban J connectivity index is 2.89. The summed E-state index contributed by atoms with van der Waals surface area (Å²) in [6.07, 6.45) is 0. The van der Waals surface area contributed by atoms with Crippen molar-refractivity contribution in [3.05, 3.63) is 34.6 Å². The number of fused-ring (bicyclic) bond motifs is 1. The molecule has 1 N–H and O–H groups in total. The number of nitrogens with zero attached hydrogens (tertiary/aromatic N) is 1. The van der Waals surface area contributed by atoms with Crippen molar-refractivity contribution in [2.75, 3.05) is 0 Å². The fourth-order valence-electron chi connectivity index (χ4n) is 1.04. The van der Waals surface area contributed by atoms with Crippen LogP contribution in [0.2, 0.25) is 0 Å². The van der Waals surface area contributed by atoms with Crippen LogP contribution in [0.4, 0.5) is 0 Å². The Kier molecular flexibility index (Phi) is 1.47. The molecular weight excluding hydrogens is 151 g/mol. The zero-order valence-corrected chi connectivity index (χ0v) is 6.24. The number of H-pyrrole nitrogens is 1. The highest BCUT2D eigenvalue weighted by Gasteiger charge is 1.94. The van der Waals surface area contributed by atoms with Gasteiger partial charge in [-0.05, 0) is 11.7 Å². The summed E-state index contributed by atoms with van der Waals surface area (Å²) in [4.78, 5) is 17.4. The summed E-state index contributed by atoms with van der Waals surface area (Å²) in [5.41, 5.74) is 0.771. The smallest absolute Gasteiger partial charge is 0.249 e. The highest BCUT2D eigenvalue weighted by molar-refractivity contribution is 6.31. The predicted molar refractivity (Wildman–Crippen MR) is 47.8 cm³/mol. The lowest BCUT2D eigenvalue weighted by molar-refractivity contribution is 1.25. The molecule has 0 aliphatic heterocycles. The van der Waals surface area contributed by atoms with Gasteiger partial charge in [0, 0.05) is 11.5 Å². The average molecular weight is 156 g/mol. The van der Waals surface area contributed by atoms with Crippen molar-refractivity contribution in [2.24, 2.45) is 0 Å². The van der Waals surface area contributed by atoms with Gasteiger partial charge in [-0.25, -0.2) is 4.98 Å². The summed E-state index contributed by atoms with van der Waals surface area (Å²) in [6, 6.07) is 6.68. The van der Waals surface area contributed by atoms with Crippen molar-refractivity contribution < 1.29 is 0 Å². The lowest BCUT2D eigenvalue weighted by Gasteiger charge is -1.96. The molecule has 0 bridgehead atoms. The Morgan fingerprint density at radius 3 is 2.83 bits per heavy atom. The summed E-state index contributed by atoms with van der Waals surface area (Å²) < 4.78 is 0. The van der Waals surface area contributed by atoms with Crippen LogP contribution in [0.15, 0.2) is 29.1 Å². The largest absolute Gasteiger partial charge is 0.307 e. The van der Waals surface area contributed by atoms with E-state index in [1.54, 1.807) is 12.1 Å². The van der Waals surface area contributed by atoms with Crippen LogP contribution in [0.5, 0.6) is 0 Å². The third-order valence-electron chi connectivity index (χ3n) is 1.60. The Bertz CT molecular complexity index is 478. The standard InChI is InChI=1S/C8H5BN2O/c9-6-3-1-5-2-4-7(12)11-8(5)10-6/h1-4H,(H,10,11,12). The Hall–Kier alpha value is -1.58. The minimum absolute atomic E-state index is 0.166. The number of nitrogens with one attached hydrogen (secondary N) is 1. The molecule has 0 aromatic carbocycles. The molecule has 2 radical (unpaired) electrons. The SMILES string of the molecule is [B]c1ccc2ccc(=O)[nH]c2n1. The van der Waals surface area contributed by atoms with E-state index in [-0.39, 0.29) is 5.56 Å². The summed E-state index contributed by atoms with van der Waals surface area (Å²) >= 11 is 0. The molecule has 3 nitrogen and oxygen atoms in total. The van der Waals surface area contributed by atoms with E-state index >= 15 is 0 Å². The normalized spacial score (nSPS) is 10.3. The van der Waals surface area contributed by atoms with Crippen molar-refractivity contribution in [3.8, 4) is 0 Å². The lowest BCUT2D eigenvalue weighted by Crippen LogP contribution is -2.11. The molecule has 0 saturated carbocycles. The molecule has 12 heavy (non-hydrogen) atoms. The van der Waals surface area contributed by atoms with Gasteiger partial charge in [0.15, 0.2) is 0 Å². The van der Waals surface area contributed by atoms with Crippen LogP contribution in [-0.2, 0) is 0 Å². The number of hydrogen-bond donors (Lipinski definition) is 1. The van der Waals surface area contributed by atoms with E-state index in [0.29, 0.717) is 11.2 Å². The van der Waals surface area contributed by atoms with Crippen molar-refractivity contribution in [1.82, 2.24) is 9.97 Å². The second kappa shape index (κ2) is 2.48. The Morgan fingerprint density at radius 1 is 1.25 bits per heavy atom. The summed E-state index contributed by atoms with van der Waals surface area (Å²) in [5, 5.41) is 0.879. The van der Waals surface area contributed by atoms with Crippen molar-refractivity contribution in [2.45, 2.75) is 0 Å². The topological polar surface area (TPSA) is 45.8 Å². The van der Waals surface area contributed by atoms with Crippen molar-refractivity contribution in [3.63, 3.8) is 0 Å². The first-order valence-corrected chi connectivity index (χ1v) is 3.51. The van der Waals surface area contributed by atoms with E-state index in [1.165, 1.54) is 6.07 Å². The van der Waals surface area contributed by atoms with E-state index in [9.17, 15) is 4.79 Å². The maximum absolute atomic E-state index is 10.9. The molecule has 0 amide bonds. The fourth-order valence-corrected chi connectivity index (χ4v) is 1.04. The van der Waals surface area contributed by atoms with Gasteiger partial charge in [0.05, 0.1) is 0 Å². The van der Waals surface area contributed by atoms with E-state index in [0.717, 1.165) is 5.39 Å². The quantitative estimate of drug-likeness (QED) is 0.533. The van der Waals surface area contributed by atoms with Crippen LogP contribution in [0, 0.1) is 0 Å². The molecule has 0 atom stereocenters. The number of rotatable bonds is 0. The minimum atomic E-state index is -0.166. The van der Waals surface area contributed by atoms with Gasteiger partial charge in [0.2, 0.25) is 5.56 Å². The molecular formula is C8H5BN2O. The Labute approximate surface area is 69.9 Å². The summed E-state index contributed by atoms with van der Waals surface area (Å²) in [5.74, 6) is 0. The molecule has 0 aliphatic rings. The van der Waals surface area contributed by atoms with Gasteiger partial charge in [-0.1, -0.05) is 12.1 Å². The number of hydrogen-bond acceptors (Lipinski definition) is 2. The lowest BCUT2D eigenvalue weighted by atomic mass is 10.0. The van der Waals surface area contributed by atoms with Crippen LogP contribution in [-0.4, -0.2) is 17.8 Å². The van der Waals surface area contributed by atoms with Crippen molar-refractivity contribution >= 4 is 24.5 Å². The monoisotopic (exact) mass is 156 g/mol. The van der Waals surface area contributed by atoms with Crippen molar-refractivity contribution in [1.29, 1.82) is 0 Å². The van der Waals surface area contributed by atoms with Gasteiger partial charge < -0.3 is 4.98 Å². The van der Waals surface area contributed by atoms with Gasteiger partial charge in [-0.2, -0.15) is 0 Å². The average Bonchev–Trinajstić information content (AvgIpc) is 2.03. The molecule has 0 saturated heterocycles. The molecule has 0 unspecified atom stereocenters. The highest BCUT2D eigenvalue weighted by Crippen LogP contribution is 2.01. The number of pyridine rings is 2. The molecule has 0 aliphatic carbocycles. The van der Waals surface area contributed by atoms with E-state index in [1.807, 2.05) is 6.07 Å². The zero-order valence-electron chi connectivity index (χ0n) is 6.24. The maximum atomic E-state index is 10.9. The van der Waals surface area contributed by atoms with E-state index < -0.39 is 0 Å². The molecule has 0 fully saturated rings. The molecule has 4 heteroatoms. The van der Waals surface area contributed by atoms with Gasteiger partial charge in [0.1, 0.15) is 13.5 Å². The molecule has 2 aromatic heterocycles. The maximum Gasteiger partial charge on any atom is 0.249 e. The third-order valence-corrected chi connectivity index (χ3v) is 1.60.